The van der Waals surface area contributed by atoms with Crippen LogP contribution in [0.25, 0.3) is 21.5 Å². The van der Waals surface area contributed by atoms with E-state index >= 15 is 0 Å². The molecule has 1 aliphatic carbocycles. The van der Waals surface area contributed by atoms with Gasteiger partial charge in [-0.2, -0.15) is 0 Å². The highest BCUT2D eigenvalue weighted by Gasteiger charge is 2.20. The molecule has 0 unspecified atom stereocenters. The lowest BCUT2D eigenvalue weighted by atomic mass is 9.90. The molecule has 0 aliphatic heterocycles. The summed E-state index contributed by atoms with van der Waals surface area (Å²) in [6.45, 7) is 2.13. The van der Waals surface area contributed by atoms with Crippen molar-refractivity contribution < 1.29 is 4.74 Å². The number of aryl methyl sites for hydroxylation is 1. The molecule has 2 heteroatoms. The van der Waals surface area contributed by atoms with Crippen molar-refractivity contribution in [2.24, 2.45) is 0 Å². The van der Waals surface area contributed by atoms with E-state index in [1.807, 2.05) is 36.5 Å². The summed E-state index contributed by atoms with van der Waals surface area (Å²) in [7, 11) is 0. The molecule has 1 heterocycles. The smallest absolute Gasteiger partial charge is 0.227 e. The Labute approximate surface area is 159 Å². The highest BCUT2D eigenvalue weighted by molar-refractivity contribution is 6.02. The van der Waals surface area contributed by atoms with Crippen LogP contribution >= 0.6 is 0 Å². The molecule has 5 rings (SSSR count). The molecule has 1 aliphatic rings. The van der Waals surface area contributed by atoms with Crippen molar-refractivity contribution in [2.45, 2.75) is 38.5 Å². The van der Waals surface area contributed by atoms with Crippen LogP contribution in [0.4, 0.5) is 0 Å². The summed E-state index contributed by atoms with van der Waals surface area (Å²) in [4.78, 5) is 4.59. The fraction of sp³-hybridized carbons (Fsp3) is 0.240. The minimum absolute atomic E-state index is 0.676. The normalized spacial score (nSPS) is 14.9. The predicted molar refractivity (Wildman–Crippen MR) is 112 cm³/mol. The molecule has 1 saturated carbocycles. The van der Waals surface area contributed by atoms with E-state index in [1.54, 1.807) is 0 Å². The van der Waals surface area contributed by atoms with E-state index in [1.165, 1.54) is 53.0 Å². The first-order valence-corrected chi connectivity index (χ1v) is 9.84. The van der Waals surface area contributed by atoms with Crippen molar-refractivity contribution in [3.05, 3.63) is 78.0 Å². The van der Waals surface area contributed by atoms with Crippen LogP contribution in [-0.4, -0.2) is 4.98 Å². The van der Waals surface area contributed by atoms with E-state index < -0.39 is 0 Å². The third kappa shape index (κ3) is 2.95. The highest BCUT2D eigenvalue weighted by atomic mass is 16.5. The maximum atomic E-state index is 6.11. The Morgan fingerprint density at radius 3 is 2.48 bits per heavy atom. The Morgan fingerprint density at radius 1 is 0.852 bits per heavy atom. The summed E-state index contributed by atoms with van der Waals surface area (Å²) >= 11 is 0. The number of hydrogen-bond donors (Lipinski definition) is 0. The Bertz CT molecular complexity index is 1110. The molecule has 0 bridgehead atoms. The Hall–Kier alpha value is -2.87. The second-order valence-corrected chi connectivity index (χ2v) is 7.61. The van der Waals surface area contributed by atoms with E-state index in [-0.39, 0.29) is 0 Å². The van der Waals surface area contributed by atoms with Crippen LogP contribution in [-0.2, 0) is 0 Å². The molecule has 3 aromatic carbocycles. The van der Waals surface area contributed by atoms with E-state index in [2.05, 4.69) is 42.2 Å². The number of hydrogen-bond acceptors (Lipinski definition) is 2. The van der Waals surface area contributed by atoms with Crippen molar-refractivity contribution in [1.29, 1.82) is 0 Å². The van der Waals surface area contributed by atoms with Gasteiger partial charge in [0.2, 0.25) is 5.88 Å². The van der Waals surface area contributed by atoms with Gasteiger partial charge in [0.1, 0.15) is 5.75 Å². The van der Waals surface area contributed by atoms with Crippen molar-refractivity contribution in [1.82, 2.24) is 4.98 Å². The summed E-state index contributed by atoms with van der Waals surface area (Å²) < 4.78 is 6.11. The summed E-state index contributed by atoms with van der Waals surface area (Å²) in [5.41, 5.74) is 2.70. The van der Waals surface area contributed by atoms with Gasteiger partial charge in [-0.25, -0.2) is 4.98 Å². The van der Waals surface area contributed by atoms with Gasteiger partial charge in [-0.3, -0.25) is 0 Å². The van der Waals surface area contributed by atoms with Gasteiger partial charge in [-0.1, -0.05) is 49.2 Å². The topological polar surface area (TPSA) is 22.1 Å². The number of benzene rings is 3. The minimum atomic E-state index is 0.676. The van der Waals surface area contributed by atoms with E-state index in [4.69, 9.17) is 4.74 Å². The number of ether oxygens (including phenoxy) is 1. The molecular weight excluding hydrogens is 330 g/mol. The lowest BCUT2D eigenvalue weighted by Crippen LogP contribution is -1.95. The number of pyridine rings is 1. The largest absolute Gasteiger partial charge is 0.438 e. The standard InChI is InChI=1S/C25H23NO/c1-17-16-26-25(27-20-11-3-2-4-12-20)24-14-19-10-7-13-21(18-8-5-6-9-18)23(19)15-22(17)24/h2-4,7,10-16,18H,5-6,8-9H2,1H3. The monoisotopic (exact) mass is 353 g/mol. The SMILES string of the molecule is Cc1cnc(Oc2ccccc2)c2cc3cccc(C4CCCC4)c3cc12. The van der Waals surface area contributed by atoms with Crippen molar-refractivity contribution in [3.63, 3.8) is 0 Å². The van der Waals surface area contributed by atoms with Gasteiger partial charge in [0, 0.05) is 11.6 Å². The number of para-hydroxylation sites is 1. The summed E-state index contributed by atoms with van der Waals surface area (Å²) in [5.74, 6) is 2.19. The fourth-order valence-corrected chi connectivity index (χ4v) is 4.42. The van der Waals surface area contributed by atoms with Gasteiger partial charge in [0.25, 0.3) is 0 Å². The molecule has 1 fully saturated rings. The zero-order chi connectivity index (χ0) is 18.2. The van der Waals surface area contributed by atoms with Crippen LogP contribution in [0.2, 0.25) is 0 Å². The Balaban J connectivity index is 1.70. The molecule has 1 aromatic heterocycles. The van der Waals surface area contributed by atoms with Crippen molar-refractivity contribution >= 4 is 21.5 Å². The molecule has 2 nitrogen and oxygen atoms in total. The maximum absolute atomic E-state index is 6.11. The minimum Gasteiger partial charge on any atom is -0.438 e. The van der Waals surface area contributed by atoms with E-state index in [0.29, 0.717) is 11.8 Å². The number of rotatable bonds is 3. The van der Waals surface area contributed by atoms with Crippen molar-refractivity contribution in [3.8, 4) is 11.6 Å². The third-order valence-corrected chi connectivity index (χ3v) is 5.84. The maximum Gasteiger partial charge on any atom is 0.227 e. The first-order valence-electron chi connectivity index (χ1n) is 9.84. The summed E-state index contributed by atoms with van der Waals surface area (Å²) in [6, 6.07) is 21.2. The first kappa shape index (κ1) is 16.3. The van der Waals surface area contributed by atoms with Crippen molar-refractivity contribution in [2.75, 3.05) is 0 Å². The molecule has 0 spiro atoms. The fourth-order valence-electron chi connectivity index (χ4n) is 4.42. The second kappa shape index (κ2) is 6.70. The van der Waals surface area contributed by atoms with E-state index in [0.717, 1.165) is 11.1 Å². The average Bonchev–Trinajstić information content (AvgIpc) is 3.24. The second-order valence-electron chi connectivity index (χ2n) is 7.61. The predicted octanol–water partition coefficient (Wildman–Crippen LogP) is 7.15. The van der Waals surface area contributed by atoms with Crippen LogP contribution < -0.4 is 4.74 Å². The number of nitrogens with zero attached hydrogens (tertiary/aromatic N) is 1. The molecule has 134 valence electrons. The van der Waals surface area contributed by atoms with Crippen LogP contribution in [0, 0.1) is 6.92 Å². The van der Waals surface area contributed by atoms with Crippen LogP contribution in [0.1, 0.15) is 42.7 Å². The van der Waals surface area contributed by atoms with Gasteiger partial charge in [0.15, 0.2) is 0 Å². The highest BCUT2D eigenvalue weighted by Crippen LogP contribution is 2.40. The molecule has 0 atom stereocenters. The van der Waals surface area contributed by atoms with Gasteiger partial charge in [-0.05, 0) is 77.2 Å². The molecule has 0 radical (unpaired) electrons. The Kier molecular flexibility index (Phi) is 4.05. The quantitative estimate of drug-likeness (QED) is 0.365. The molecule has 0 N–H and O–H groups in total. The lowest BCUT2D eigenvalue weighted by molar-refractivity contribution is 0.469. The van der Waals surface area contributed by atoms with Gasteiger partial charge in [0.05, 0.1) is 0 Å². The van der Waals surface area contributed by atoms with Gasteiger partial charge in [-0.15, -0.1) is 0 Å². The molecule has 0 amide bonds. The van der Waals surface area contributed by atoms with Crippen LogP contribution in [0.15, 0.2) is 66.9 Å². The zero-order valence-corrected chi connectivity index (χ0v) is 15.6. The molecule has 0 saturated heterocycles. The van der Waals surface area contributed by atoms with Crippen LogP contribution in [0.5, 0.6) is 11.6 Å². The summed E-state index contributed by atoms with van der Waals surface area (Å²) in [6.07, 6.45) is 7.26. The number of fused-ring (bicyclic) bond motifs is 2. The van der Waals surface area contributed by atoms with Gasteiger partial charge < -0.3 is 4.74 Å². The first-order chi connectivity index (χ1) is 13.3. The lowest BCUT2D eigenvalue weighted by Gasteiger charge is -2.16. The third-order valence-electron chi connectivity index (χ3n) is 5.84. The van der Waals surface area contributed by atoms with Crippen LogP contribution in [0.3, 0.4) is 0 Å². The summed E-state index contributed by atoms with van der Waals surface area (Å²) in [5, 5.41) is 4.97. The molecule has 4 aromatic rings. The molecule has 27 heavy (non-hydrogen) atoms. The van der Waals surface area contributed by atoms with Gasteiger partial charge >= 0.3 is 0 Å². The number of aromatic nitrogens is 1. The van der Waals surface area contributed by atoms with E-state index in [9.17, 15) is 0 Å². The zero-order valence-electron chi connectivity index (χ0n) is 15.6. The Morgan fingerprint density at radius 2 is 1.67 bits per heavy atom. The average molecular weight is 353 g/mol. The molecular formula is C25H23NO.